The van der Waals surface area contributed by atoms with Crippen LogP contribution in [-0.2, 0) is 16.0 Å². The third-order valence-corrected chi connectivity index (χ3v) is 2.91. The maximum Gasteiger partial charge on any atom is 0.346 e. The molecule has 1 aromatic rings. The van der Waals surface area contributed by atoms with Gasteiger partial charge in [0, 0.05) is 12.0 Å². The second-order valence-electron chi connectivity index (χ2n) is 3.88. The summed E-state index contributed by atoms with van der Waals surface area (Å²) in [6, 6.07) is 4.85. The second-order valence-corrected chi connectivity index (χ2v) is 3.88. The van der Waals surface area contributed by atoms with Crippen molar-refractivity contribution in [3.05, 3.63) is 29.3 Å². The molecule has 0 radical (unpaired) electrons. The third-order valence-electron chi connectivity index (χ3n) is 2.91. The highest BCUT2D eigenvalue weighted by Crippen LogP contribution is 2.33. The predicted octanol–water partition coefficient (Wildman–Crippen LogP) is 0.338. The second kappa shape index (κ2) is 3.85. The van der Waals surface area contributed by atoms with Gasteiger partial charge in [-0.15, -0.1) is 0 Å². The van der Waals surface area contributed by atoms with Crippen molar-refractivity contribution < 1.29 is 24.2 Å². The molecule has 0 bridgehead atoms. The van der Waals surface area contributed by atoms with E-state index in [1.165, 1.54) is 13.2 Å². The fourth-order valence-corrected chi connectivity index (χ4v) is 1.96. The number of aliphatic hydroxyl groups is 1. The van der Waals surface area contributed by atoms with E-state index in [1.807, 2.05) is 0 Å². The summed E-state index contributed by atoms with van der Waals surface area (Å²) in [4.78, 5) is 23.4. The zero-order valence-corrected chi connectivity index (χ0v) is 9.52. The lowest BCUT2D eigenvalue weighted by Crippen LogP contribution is -2.45. The fourth-order valence-electron chi connectivity index (χ4n) is 1.96. The van der Waals surface area contributed by atoms with Gasteiger partial charge in [0.1, 0.15) is 5.75 Å². The SMILES string of the molecule is COC(=O)C1(O)Cc2ccc(OC)cc2C1=O. The van der Waals surface area contributed by atoms with Crippen molar-refractivity contribution in [2.24, 2.45) is 0 Å². The van der Waals surface area contributed by atoms with Gasteiger partial charge in [-0.1, -0.05) is 6.07 Å². The van der Waals surface area contributed by atoms with Crippen molar-refractivity contribution in [3.63, 3.8) is 0 Å². The summed E-state index contributed by atoms with van der Waals surface area (Å²) < 4.78 is 9.45. The van der Waals surface area contributed by atoms with Gasteiger partial charge in [0.05, 0.1) is 14.2 Å². The van der Waals surface area contributed by atoms with Crippen molar-refractivity contribution in [2.45, 2.75) is 12.0 Å². The predicted molar refractivity (Wildman–Crippen MR) is 58.0 cm³/mol. The summed E-state index contributed by atoms with van der Waals surface area (Å²) in [6.07, 6.45) is -0.0577. The number of Topliss-reactive ketones (excluding diaryl/α,β-unsaturated/α-hetero) is 1. The van der Waals surface area contributed by atoms with E-state index in [4.69, 9.17) is 4.74 Å². The first-order chi connectivity index (χ1) is 8.02. The van der Waals surface area contributed by atoms with Gasteiger partial charge in [-0.25, -0.2) is 4.79 Å². The number of ether oxygens (including phenoxy) is 2. The molecule has 0 saturated heterocycles. The molecule has 5 nitrogen and oxygen atoms in total. The highest BCUT2D eigenvalue weighted by atomic mass is 16.5. The van der Waals surface area contributed by atoms with Gasteiger partial charge < -0.3 is 14.6 Å². The van der Waals surface area contributed by atoms with E-state index < -0.39 is 17.4 Å². The minimum Gasteiger partial charge on any atom is -0.497 e. The first kappa shape index (κ1) is 11.6. The van der Waals surface area contributed by atoms with Crippen LogP contribution in [0.3, 0.4) is 0 Å². The summed E-state index contributed by atoms with van der Waals surface area (Å²) in [5.41, 5.74) is -1.18. The molecule has 0 saturated carbocycles. The molecule has 90 valence electrons. The van der Waals surface area contributed by atoms with Crippen LogP contribution in [-0.4, -0.2) is 36.7 Å². The van der Waals surface area contributed by atoms with Crippen LogP contribution in [0.5, 0.6) is 5.75 Å². The molecule has 1 aromatic carbocycles. The molecule has 0 fully saturated rings. The minimum atomic E-state index is -2.09. The molecule has 0 amide bonds. The van der Waals surface area contributed by atoms with Crippen LogP contribution in [0.25, 0.3) is 0 Å². The number of esters is 1. The van der Waals surface area contributed by atoms with Gasteiger partial charge in [-0.3, -0.25) is 4.79 Å². The summed E-state index contributed by atoms with van der Waals surface area (Å²) in [6.45, 7) is 0. The lowest BCUT2D eigenvalue weighted by atomic mass is 10.00. The zero-order valence-electron chi connectivity index (χ0n) is 9.52. The Bertz CT molecular complexity index is 494. The first-order valence-electron chi connectivity index (χ1n) is 5.05. The van der Waals surface area contributed by atoms with Gasteiger partial charge in [-0.2, -0.15) is 0 Å². The van der Waals surface area contributed by atoms with E-state index in [1.54, 1.807) is 12.1 Å². The van der Waals surface area contributed by atoms with E-state index in [0.29, 0.717) is 16.9 Å². The quantitative estimate of drug-likeness (QED) is 0.592. The molecular weight excluding hydrogens is 224 g/mol. The van der Waals surface area contributed by atoms with Crippen LogP contribution in [0.4, 0.5) is 0 Å². The monoisotopic (exact) mass is 236 g/mol. The fraction of sp³-hybridized carbons (Fsp3) is 0.333. The van der Waals surface area contributed by atoms with Crippen LogP contribution in [0.2, 0.25) is 0 Å². The number of hydrogen-bond acceptors (Lipinski definition) is 5. The number of benzene rings is 1. The zero-order chi connectivity index (χ0) is 12.6. The summed E-state index contributed by atoms with van der Waals surface area (Å²) in [5, 5.41) is 10.0. The molecule has 1 atom stereocenters. The molecule has 1 aliphatic carbocycles. The third kappa shape index (κ3) is 1.59. The van der Waals surface area contributed by atoms with Crippen LogP contribution in [0.1, 0.15) is 15.9 Å². The van der Waals surface area contributed by atoms with Gasteiger partial charge in [-0.05, 0) is 17.7 Å². The Morgan fingerprint density at radius 3 is 2.71 bits per heavy atom. The van der Waals surface area contributed by atoms with Crippen LogP contribution >= 0.6 is 0 Å². The Morgan fingerprint density at radius 1 is 1.41 bits per heavy atom. The van der Waals surface area contributed by atoms with Crippen molar-refractivity contribution in [2.75, 3.05) is 14.2 Å². The Labute approximate surface area is 98.0 Å². The number of hydrogen-bond donors (Lipinski definition) is 1. The van der Waals surface area contributed by atoms with E-state index in [0.717, 1.165) is 7.11 Å². The molecule has 1 unspecified atom stereocenters. The summed E-state index contributed by atoms with van der Waals surface area (Å²) >= 11 is 0. The van der Waals surface area contributed by atoms with Crippen molar-refractivity contribution in [3.8, 4) is 5.75 Å². The first-order valence-corrected chi connectivity index (χ1v) is 5.05. The Balaban J connectivity index is 2.45. The van der Waals surface area contributed by atoms with Gasteiger partial charge in [0.25, 0.3) is 0 Å². The van der Waals surface area contributed by atoms with Gasteiger partial charge in [0.2, 0.25) is 11.4 Å². The average molecular weight is 236 g/mol. The molecule has 0 aliphatic heterocycles. The van der Waals surface area contributed by atoms with Crippen molar-refractivity contribution >= 4 is 11.8 Å². The number of carbonyl (C=O) groups excluding carboxylic acids is 2. The maximum absolute atomic E-state index is 12.0. The maximum atomic E-state index is 12.0. The lowest BCUT2D eigenvalue weighted by molar-refractivity contribution is -0.156. The van der Waals surface area contributed by atoms with Gasteiger partial charge >= 0.3 is 5.97 Å². The number of methoxy groups -OCH3 is 2. The Morgan fingerprint density at radius 2 is 2.12 bits per heavy atom. The topological polar surface area (TPSA) is 72.8 Å². The normalized spacial score (nSPS) is 22.2. The van der Waals surface area contributed by atoms with E-state index in [2.05, 4.69) is 4.74 Å². The van der Waals surface area contributed by atoms with E-state index in [9.17, 15) is 14.7 Å². The average Bonchev–Trinajstić information content (AvgIpc) is 2.61. The highest BCUT2D eigenvalue weighted by molar-refractivity contribution is 6.18. The molecule has 2 rings (SSSR count). The van der Waals surface area contributed by atoms with Crippen molar-refractivity contribution in [1.82, 2.24) is 0 Å². The molecule has 5 heteroatoms. The molecule has 0 heterocycles. The van der Waals surface area contributed by atoms with Crippen LogP contribution in [0, 0.1) is 0 Å². The van der Waals surface area contributed by atoms with E-state index >= 15 is 0 Å². The molecular formula is C12H12O5. The molecule has 1 aliphatic rings. The molecule has 1 N–H and O–H groups in total. The lowest BCUT2D eigenvalue weighted by Gasteiger charge is -2.16. The van der Waals surface area contributed by atoms with E-state index in [-0.39, 0.29) is 6.42 Å². The van der Waals surface area contributed by atoms with Crippen LogP contribution < -0.4 is 4.74 Å². The molecule has 0 aromatic heterocycles. The molecule has 0 spiro atoms. The highest BCUT2D eigenvalue weighted by Gasteiger charge is 2.51. The van der Waals surface area contributed by atoms with Gasteiger partial charge in [0.15, 0.2) is 0 Å². The summed E-state index contributed by atoms with van der Waals surface area (Å²) in [5.74, 6) is -1.07. The number of rotatable bonds is 2. The standard InChI is InChI=1S/C12H12O5/c1-16-8-4-3-7-6-12(15,11(14)17-2)10(13)9(7)5-8/h3-5,15H,6H2,1-2H3. The largest absolute Gasteiger partial charge is 0.497 e. The van der Waals surface area contributed by atoms with Crippen molar-refractivity contribution in [1.29, 1.82) is 0 Å². The number of ketones is 1. The molecule has 17 heavy (non-hydrogen) atoms. The van der Waals surface area contributed by atoms with Crippen LogP contribution in [0.15, 0.2) is 18.2 Å². The number of fused-ring (bicyclic) bond motifs is 1. The smallest absolute Gasteiger partial charge is 0.346 e. The number of carbonyl (C=O) groups is 2. The minimum absolute atomic E-state index is 0.0577. The summed E-state index contributed by atoms with van der Waals surface area (Å²) in [7, 11) is 2.62. The Hall–Kier alpha value is -1.88. The Kier molecular flexibility index (Phi) is 2.63.